The highest BCUT2D eigenvalue weighted by molar-refractivity contribution is 9.10. The molecule has 1 aromatic carbocycles. The largest absolute Gasteiger partial charge is 0.465 e. The molecule has 0 fully saturated rings. The minimum Gasteiger partial charge on any atom is -0.465 e. The van der Waals surface area contributed by atoms with E-state index in [0.717, 1.165) is 6.07 Å². The highest BCUT2D eigenvalue weighted by Crippen LogP contribution is 2.34. The SMILES string of the molecule is COC(=O)c1cc(Br)c(NCCCO)c([N+](=O)[O-])c1. The molecule has 0 aliphatic rings. The Hall–Kier alpha value is -1.67. The van der Waals surface area contributed by atoms with Gasteiger partial charge in [0, 0.05) is 23.7 Å². The quantitative estimate of drug-likeness (QED) is 0.357. The van der Waals surface area contributed by atoms with Crippen LogP contribution >= 0.6 is 15.9 Å². The molecule has 104 valence electrons. The van der Waals surface area contributed by atoms with E-state index in [1.54, 1.807) is 0 Å². The Morgan fingerprint density at radius 3 is 2.79 bits per heavy atom. The molecule has 0 saturated heterocycles. The zero-order chi connectivity index (χ0) is 14.4. The second-order valence-corrected chi connectivity index (χ2v) is 4.46. The average Bonchev–Trinajstić information content (AvgIpc) is 2.39. The summed E-state index contributed by atoms with van der Waals surface area (Å²) >= 11 is 3.18. The number of carbonyl (C=O) groups excluding carboxylic acids is 1. The number of ether oxygens (including phenoxy) is 1. The lowest BCUT2D eigenvalue weighted by Crippen LogP contribution is -2.09. The van der Waals surface area contributed by atoms with Gasteiger partial charge in [-0.05, 0) is 28.4 Å². The fourth-order valence-electron chi connectivity index (χ4n) is 1.44. The van der Waals surface area contributed by atoms with Gasteiger partial charge in [0.05, 0.1) is 17.6 Å². The number of hydrogen-bond donors (Lipinski definition) is 2. The van der Waals surface area contributed by atoms with Crippen molar-refractivity contribution in [2.45, 2.75) is 6.42 Å². The summed E-state index contributed by atoms with van der Waals surface area (Å²) in [6.45, 7) is 0.367. The topological polar surface area (TPSA) is 102 Å². The number of methoxy groups -OCH3 is 1. The molecule has 0 radical (unpaired) electrons. The number of esters is 1. The summed E-state index contributed by atoms with van der Waals surface area (Å²) < 4.78 is 4.92. The lowest BCUT2D eigenvalue weighted by atomic mass is 10.1. The highest BCUT2D eigenvalue weighted by atomic mass is 79.9. The number of halogens is 1. The number of hydrogen-bond acceptors (Lipinski definition) is 6. The van der Waals surface area contributed by atoms with Crippen molar-refractivity contribution in [3.8, 4) is 0 Å². The third-order valence-corrected chi connectivity index (χ3v) is 2.95. The molecule has 0 heterocycles. The first kappa shape index (κ1) is 15.4. The smallest absolute Gasteiger partial charge is 0.338 e. The van der Waals surface area contributed by atoms with Crippen molar-refractivity contribution in [1.29, 1.82) is 0 Å². The Kier molecular flexibility index (Phi) is 5.71. The second-order valence-electron chi connectivity index (χ2n) is 3.60. The monoisotopic (exact) mass is 332 g/mol. The van der Waals surface area contributed by atoms with Crippen molar-refractivity contribution in [2.75, 3.05) is 25.6 Å². The zero-order valence-electron chi connectivity index (χ0n) is 10.2. The van der Waals surface area contributed by atoms with Gasteiger partial charge in [-0.2, -0.15) is 0 Å². The predicted molar refractivity (Wildman–Crippen MR) is 72.3 cm³/mol. The molecule has 0 saturated carbocycles. The van der Waals surface area contributed by atoms with Gasteiger partial charge in [-0.3, -0.25) is 10.1 Å². The van der Waals surface area contributed by atoms with Gasteiger partial charge < -0.3 is 15.2 Å². The van der Waals surface area contributed by atoms with Gasteiger partial charge >= 0.3 is 5.97 Å². The van der Waals surface area contributed by atoms with Crippen LogP contribution < -0.4 is 5.32 Å². The van der Waals surface area contributed by atoms with Gasteiger partial charge in [0.15, 0.2) is 0 Å². The maximum atomic E-state index is 11.4. The van der Waals surface area contributed by atoms with E-state index < -0.39 is 10.9 Å². The summed E-state index contributed by atoms with van der Waals surface area (Å²) in [7, 11) is 1.20. The van der Waals surface area contributed by atoms with Crippen LogP contribution in [0.3, 0.4) is 0 Å². The summed E-state index contributed by atoms with van der Waals surface area (Å²) in [6, 6.07) is 2.60. The third kappa shape index (κ3) is 3.90. The molecule has 0 aliphatic heterocycles. The molecule has 19 heavy (non-hydrogen) atoms. The lowest BCUT2D eigenvalue weighted by molar-refractivity contribution is -0.384. The highest BCUT2D eigenvalue weighted by Gasteiger charge is 2.21. The van der Waals surface area contributed by atoms with Crippen molar-refractivity contribution >= 4 is 33.3 Å². The molecule has 0 amide bonds. The van der Waals surface area contributed by atoms with E-state index in [0.29, 0.717) is 17.4 Å². The predicted octanol–water partition coefficient (Wildman–Crippen LogP) is 1.94. The number of nitro benzene ring substituents is 1. The lowest BCUT2D eigenvalue weighted by Gasteiger charge is -2.10. The summed E-state index contributed by atoms with van der Waals surface area (Å²) in [5, 5.41) is 22.6. The summed E-state index contributed by atoms with van der Waals surface area (Å²) in [6.07, 6.45) is 0.461. The van der Waals surface area contributed by atoms with Crippen LogP contribution in [-0.4, -0.2) is 36.3 Å². The van der Waals surface area contributed by atoms with Crippen molar-refractivity contribution in [3.63, 3.8) is 0 Å². The standard InChI is InChI=1S/C11H13BrN2O5/c1-19-11(16)7-5-8(12)10(13-3-2-4-15)9(6-7)14(17)18/h5-6,13,15H,2-4H2,1H3. The van der Waals surface area contributed by atoms with E-state index in [-0.39, 0.29) is 23.5 Å². The summed E-state index contributed by atoms with van der Waals surface area (Å²) in [5.74, 6) is -0.647. The number of nitrogens with one attached hydrogen (secondary N) is 1. The van der Waals surface area contributed by atoms with Gasteiger partial charge in [0.1, 0.15) is 5.69 Å². The van der Waals surface area contributed by atoms with Gasteiger partial charge in [0.25, 0.3) is 5.69 Å². The van der Waals surface area contributed by atoms with Crippen LogP contribution in [0.15, 0.2) is 16.6 Å². The number of aliphatic hydroxyl groups excluding tert-OH is 1. The molecule has 8 heteroatoms. The Balaban J connectivity index is 3.15. The van der Waals surface area contributed by atoms with E-state index in [1.165, 1.54) is 13.2 Å². The zero-order valence-corrected chi connectivity index (χ0v) is 11.8. The van der Waals surface area contributed by atoms with Crippen LogP contribution in [0.5, 0.6) is 0 Å². The van der Waals surface area contributed by atoms with Gasteiger partial charge in [-0.15, -0.1) is 0 Å². The first-order chi connectivity index (χ1) is 9.01. The van der Waals surface area contributed by atoms with E-state index in [1.807, 2.05) is 0 Å². The van der Waals surface area contributed by atoms with Crippen LogP contribution in [0.2, 0.25) is 0 Å². The van der Waals surface area contributed by atoms with Crippen LogP contribution in [0.4, 0.5) is 11.4 Å². The molecule has 0 aliphatic carbocycles. The number of anilines is 1. The molecular weight excluding hydrogens is 320 g/mol. The van der Waals surface area contributed by atoms with Crippen molar-refractivity contribution < 1.29 is 19.6 Å². The summed E-state index contributed by atoms with van der Waals surface area (Å²) in [4.78, 5) is 21.8. The van der Waals surface area contributed by atoms with E-state index in [9.17, 15) is 14.9 Å². The number of nitro groups is 1. The number of nitrogens with zero attached hydrogens (tertiary/aromatic N) is 1. The minimum atomic E-state index is -0.647. The number of rotatable bonds is 6. The molecule has 0 bridgehead atoms. The normalized spacial score (nSPS) is 10.1. The second kappa shape index (κ2) is 7.05. The Labute approximate surface area is 117 Å². The fourth-order valence-corrected chi connectivity index (χ4v) is 2.03. The van der Waals surface area contributed by atoms with E-state index in [4.69, 9.17) is 5.11 Å². The van der Waals surface area contributed by atoms with Crippen molar-refractivity contribution in [2.24, 2.45) is 0 Å². The third-order valence-electron chi connectivity index (χ3n) is 2.32. The number of aliphatic hydroxyl groups is 1. The van der Waals surface area contributed by atoms with Gasteiger partial charge in [-0.25, -0.2) is 4.79 Å². The molecule has 1 aromatic rings. The van der Waals surface area contributed by atoms with Crippen LogP contribution in [0.1, 0.15) is 16.8 Å². The molecule has 7 nitrogen and oxygen atoms in total. The van der Waals surface area contributed by atoms with Crippen LogP contribution in [0.25, 0.3) is 0 Å². The Morgan fingerprint density at radius 2 is 2.26 bits per heavy atom. The number of benzene rings is 1. The maximum Gasteiger partial charge on any atom is 0.338 e. The first-order valence-corrected chi connectivity index (χ1v) is 6.21. The van der Waals surface area contributed by atoms with Crippen LogP contribution in [-0.2, 0) is 4.74 Å². The maximum absolute atomic E-state index is 11.4. The molecule has 1 rings (SSSR count). The molecular formula is C11H13BrN2O5. The first-order valence-electron chi connectivity index (χ1n) is 5.42. The van der Waals surface area contributed by atoms with E-state index >= 15 is 0 Å². The van der Waals surface area contributed by atoms with Crippen molar-refractivity contribution in [3.05, 3.63) is 32.3 Å². The molecule has 0 atom stereocenters. The summed E-state index contributed by atoms with van der Waals surface area (Å²) in [5.41, 5.74) is 0.132. The Morgan fingerprint density at radius 1 is 1.58 bits per heavy atom. The Bertz CT molecular complexity index is 492. The van der Waals surface area contributed by atoms with Gasteiger partial charge in [0.2, 0.25) is 0 Å². The average molecular weight is 333 g/mol. The van der Waals surface area contributed by atoms with Gasteiger partial charge in [-0.1, -0.05) is 0 Å². The van der Waals surface area contributed by atoms with Crippen LogP contribution in [0, 0.1) is 10.1 Å². The molecule has 0 aromatic heterocycles. The molecule has 0 spiro atoms. The van der Waals surface area contributed by atoms with Crippen molar-refractivity contribution in [1.82, 2.24) is 0 Å². The molecule has 2 N–H and O–H groups in total. The van der Waals surface area contributed by atoms with E-state index in [2.05, 4.69) is 26.0 Å². The minimum absolute atomic E-state index is 0.0152. The number of carbonyl (C=O) groups is 1. The molecule has 0 unspecified atom stereocenters. The fraction of sp³-hybridized carbons (Fsp3) is 0.364.